The second-order valence-electron chi connectivity index (χ2n) is 6.86. The van der Waals surface area contributed by atoms with Crippen LogP contribution in [0.25, 0.3) is 0 Å². The Kier molecular flexibility index (Phi) is 5.62. The quantitative estimate of drug-likeness (QED) is 0.512. The third-order valence-electron chi connectivity index (χ3n) is 4.91. The minimum absolute atomic E-state index is 0.199. The van der Waals surface area contributed by atoms with Crippen LogP contribution in [0.1, 0.15) is 43.0 Å². The highest BCUT2D eigenvalue weighted by molar-refractivity contribution is 6.35. The predicted octanol–water partition coefficient (Wildman–Crippen LogP) is 5.44. The average Bonchev–Trinajstić information content (AvgIpc) is 3.03. The zero-order chi connectivity index (χ0) is 18.8. The van der Waals surface area contributed by atoms with Crippen LogP contribution in [0.3, 0.4) is 0 Å². The van der Waals surface area contributed by atoms with Gasteiger partial charge in [0.05, 0.1) is 23.0 Å². The number of rotatable bonds is 6. The van der Waals surface area contributed by atoms with E-state index in [0.29, 0.717) is 23.1 Å². The number of halogens is 3. The van der Waals surface area contributed by atoms with Crippen molar-refractivity contribution in [2.45, 2.75) is 38.1 Å². The van der Waals surface area contributed by atoms with Gasteiger partial charge in [-0.15, -0.1) is 0 Å². The standard InChI is InChI=1S/C20H20Cl2FN3O/c21-12-9-14-16(6-8-27-20(14)15(22)10-12)24-7-2-1-3-13-11-18-17(25-13)4-5-19(23)26-18/h4-5,9-10,16,24H,1-3,6-8,11H2/t16-/m1/s1. The molecule has 0 unspecified atom stereocenters. The number of nitrogens with one attached hydrogen (secondary N) is 1. The fourth-order valence-electron chi connectivity index (χ4n) is 3.61. The second-order valence-corrected chi connectivity index (χ2v) is 7.71. The highest BCUT2D eigenvalue weighted by Gasteiger charge is 2.24. The lowest BCUT2D eigenvalue weighted by atomic mass is 10.00. The van der Waals surface area contributed by atoms with Crippen molar-refractivity contribution in [2.75, 3.05) is 13.2 Å². The SMILES string of the molecule is Fc1ccc2c(n1)CC(CCCCN[C@@H]1CCOc3c(Cl)cc(Cl)cc31)=N2. The molecule has 1 atom stereocenters. The second kappa shape index (κ2) is 8.13. The molecule has 1 aromatic heterocycles. The average molecular weight is 408 g/mol. The number of pyridine rings is 1. The van der Waals surface area contributed by atoms with Crippen LogP contribution >= 0.6 is 23.2 Å². The summed E-state index contributed by atoms with van der Waals surface area (Å²) in [6, 6.07) is 6.90. The highest BCUT2D eigenvalue weighted by Crippen LogP contribution is 2.39. The summed E-state index contributed by atoms with van der Waals surface area (Å²) in [4.78, 5) is 8.47. The highest BCUT2D eigenvalue weighted by atomic mass is 35.5. The molecule has 3 heterocycles. The van der Waals surface area contributed by atoms with Gasteiger partial charge in [0, 0.05) is 35.2 Å². The molecule has 0 spiro atoms. The maximum Gasteiger partial charge on any atom is 0.213 e. The molecule has 4 nitrogen and oxygen atoms in total. The van der Waals surface area contributed by atoms with Crippen molar-refractivity contribution in [3.05, 3.63) is 51.5 Å². The first-order valence-electron chi connectivity index (χ1n) is 9.17. The van der Waals surface area contributed by atoms with Crippen LogP contribution in [0.15, 0.2) is 29.3 Å². The molecule has 0 saturated heterocycles. The molecule has 7 heteroatoms. The van der Waals surface area contributed by atoms with E-state index in [0.717, 1.165) is 60.6 Å². The summed E-state index contributed by atoms with van der Waals surface area (Å²) in [5.74, 6) is 0.300. The lowest BCUT2D eigenvalue weighted by molar-refractivity contribution is 0.253. The Morgan fingerprint density at radius 2 is 2.11 bits per heavy atom. The fourth-order valence-corrected chi connectivity index (χ4v) is 4.18. The molecule has 142 valence electrons. The first-order chi connectivity index (χ1) is 13.1. The number of fused-ring (bicyclic) bond motifs is 2. The zero-order valence-corrected chi connectivity index (χ0v) is 16.3. The van der Waals surface area contributed by atoms with Gasteiger partial charge in [0.25, 0.3) is 0 Å². The van der Waals surface area contributed by atoms with E-state index in [1.807, 2.05) is 6.07 Å². The maximum absolute atomic E-state index is 13.2. The molecule has 0 fully saturated rings. The van der Waals surface area contributed by atoms with E-state index in [1.165, 1.54) is 6.07 Å². The molecule has 2 aliphatic heterocycles. The molecule has 1 aromatic carbocycles. The molecule has 0 bridgehead atoms. The van der Waals surface area contributed by atoms with Crippen LogP contribution in [0.2, 0.25) is 10.0 Å². The molecule has 2 aliphatic rings. The van der Waals surface area contributed by atoms with Crippen molar-refractivity contribution in [1.82, 2.24) is 10.3 Å². The minimum atomic E-state index is -0.439. The normalized spacial score (nSPS) is 17.9. The Labute approximate surface area is 167 Å². The first kappa shape index (κ1) is 18.7. The number of hydrogen-bond donors (Lipinski definition) is 1. The van der Waals surface area contributed by atoms with Gasteiger partial charge in [-0.25, -0.2) is 4.98 Å². The summed E-state index contributed by atoms with van der Waals surface area (Å²) < 4.78 is 18.9. The summed E-state index contributed by atoms with van der Waals surface area (Å²) >= 11 is 12.4. The number of benzene rings is 1. The van der Waals surface area contributed by atoms with Gasteiger partial charge in [-0.3, -0.25) is 4.99 Å². The van der Waals surface area contributed by atoms with E-state index in [9.17, 15) is 4.39 Å². The van der Waals surface area contributed by atoms with Gasteiger partial charge in [0.2, 0.25) is 5.95 Å². The van der Waals surface area contributed by atoms with Gasteiger partial charge in [-0.05, 0) is 50.1 Å². The third kappa shape index (κ3) is 4.26. The van der Waals surface area contributed by atoms with Crippen LogP contribution < -0.4 is 10.1 Å². The van der Waals surface area contributed by atoms with Gasteiger partial charge in [-0.2, -0.15) is 4.39 Å². The summed E-state index contributed by atoms with van der Waals surface area (Å²) in [6.45, 7) is 1.53. The van der Waals surface area contributed by atoms with E-state index < -0.39 is 5.95 Å². The van der Waals surface area contributed by atoms with Crippen molar-refractivity contribution in [3.8, 4) is 5.75 Å². The summed E-state index contributed by atoms with van der Waals surface area (Å²) in [6.07, 6.45) is 4.50. The maximum atomic E-state index is 13.2. The summed E-state index contributed by atoms with van der Waals surface area (Å²) in [5.41, 5.74) is 3.66. The third-order valence-corrected chi connectivity index (χ3v) is 5.41. The number of aliphatic imine (C=N–C) groups is 1. The van der Waals surface area contributed by atoms with Crippen molar-refractivity contribution in [1.29, 1.82) is 0 Å². The topological polar surface area (TPSA) is 46.5 Å². The molecular weight excluding hydrogens is 388 g/mol. The van der Waals surface area contributed by atoms with E-state index in [2.05, 4.69) is 15.3 Å². The summed E-state index contributed by atoms with van der Waals surface area (Å²) in [7, 11) is 0. The smallest absolute Gasteiger partial charge is 0.213 e. The van der Waals surface area contributed by atoms with Gasteiger partial charge in [-0.1, -0.05) is 23.2 Å². The van der Waals surface area contributed by atoms with Gasteiger partial charge in [0.15, 0.2) is 0 Å². The molecule has 0 aliphatic carbocycles. The largest absolute Gasteiger partial charge is 0.492 e. The van der Waals surface area contributed by atoms with Gasteiger partial charge in [0.1, 0.15) is 5.75 Å². The van der Waals surface area contributed by atoms with E-state index in [1.54, 1.807) is 12.1 Å². The van der Waals surface area contributed by atoms with E-state index in [-0.39, 0.29) is 6.04 Å². The zero-order valence-electron chi connectivity index (χ0n) is 14.8. The molecular formula is C20H20Cl2FN3O. The van der Waals surface area contributed by atoms with Crippen molar-refractivity contribution in [3.63, 3.8) is 0 Å². The minimum Gasteiger partial charge on any atom is -0.492 e. The van der Waals surface area contributed by atoms with Gasteiger partial charge >= 0.3 is 0 Å². The fraction of sp³-hybridized carbons (Fsp3) is 0.400. The van der Waals surface area contributed by atoms with Gasteiger partial charge < -0.3 is 10.1 Å². The lowest BCUT2D eigenvalue weighted by Gasteiger charge is -2.27. The lowest BCUT2D eigenvalue weighted by Crippen LogP contribution is -2.28. The Hall–Kier alpha value is -1.69. The molecule has 1 N–H and O–H groups in total. The van der Waals surface area contributed by atoms with Crippen LogP contribution in [0.4, 0.5) is 10.1 Å². The Bertz CT molecular complexity index is 888. The Morgan fingerprint density at radius 1 is 1.22 bits per heavy atom. The number of hydrogen-bond acceptors (Lipinski definition) is 4. The van der Waals surface area contributed by atoms with Crippen molar-refractivity contribution in [2.24, 2.45) is 4.99 Å². The summed E-state index contributed by atoms with van der Waals surface area (Å²) in [5, 5.41) is 4.77. The number of aromatic nitrogens is 1. The predicted molar refractivity (Wildman–Crippen MR) is 106 cm³/mol. The van der Waals surface area contributed by atoms with Crippen LogP contribution in [-0.2, 0) is 6.42 Å². The molecule has 0 radical (unpaired) electrons. The number of unbranched alkanes of at least 4 members (excludes halogenated alkanes) is 1. The van der Waals surface area contributed by atoms with Crippen LogP contribution in [-0.4, -0.2) is 23.8 Å². The monoisotopic (exact) mass is 407 g/mol. The number of ether oxygens (including phenoxy) is 1. The molecule has 0 amide bonds. The molecule has 27 heavy (non-hydrogen) atoms. The van der Waals surface area contributed by atoms with Crippen molar-refractivity contribution < 1.29 is 9.13 Å². The van der Waals surface area contributed by atoms with Crippen LogP contribution in [0, 0.1) is 5.95 Å². The molecule has 0 saturated carbocycles. The number of nitrogens with zero attached hydrogens (tertiary/aromatic N) is 2. The van der Waals surface area contributed by atoms with Crippen LogP contribution in [0.5, 0.6) is 5.75 Å². The Morgan fingerprint density at radius 3 is 3.00 bits per heavy atom. The van der Waals surface area contributed by atoms with Crippen molar-refractivity contribution >= 4 is 34.6 Å². The first-order valence-corrected chi connectivity index (χ1v) is 9.93. The van der Waals surface area contributed by atoms with E-state index in [4.69, 9.17) is 27.9 Å². The van der Waals surface area contributed by atoms with E-state index >= 15 is 0 Å². The molecule has 2 aromatic rings. The Balaban J connectivity index is 1.25. The molecule has 4 rings (SSSR count).